The Morgan fingerprint density at radius 2 is 1.73 bits per heavy atom. The summed E-state index contributed by atoms with van der Waals surface area (Å²) in [7, 11) is 1.66. The summed E-state index contributed by atoms with van der Waals surface area (Å²) >= 11 is 6.36. The number of rotatable bonds is 8. The van der Waals surface area contributed by atoms with Crippen LogP contribution in [0.25, 0.3) is 22.3 Å². The van der Waals surface area contributed by atoms with E-state index in [1.165, 1.54) is 10.2 Å². The van der Waals surface area contributed by atoms with E-state index in [2.05, 4.69) is 31.1 Å². The molecule has 5 rings (SSSR count). The third kappa shape index (κ3) is 6.03. The van der Waals surface area contributed by atoms with Crippen LogP contribution in [-0.2, 0) is 6.61 Å². The molecule has 0 bridgehead atoms. The fourth-order valence-corrected chi connectivity index (χ4v) is 4.87. The predicted molar refractivity (Wildman–Crippen MR) is 167 cm³/mol. The van der Waals surface area contributed by atoms with E-state index in [0.717, 1.165) is 28.0 Å². The van der Waals surface area contributed by atoms with Crippen molar-refractivity contribution in [3.63, 3.8) is 0 Å². The van der Waals surface area contributed by atoms with E-state index in [1.54, 1.807) is 31.5 Å². The Morgan fingerprint density at radius 1 is 0.976 bits per heavy atom. The fraction of sp³-hybridized carbons (Fsp3) is 0.206. The van der Waals surface area contributed by atoms with Crippen LogP contribution in [0, 0.1) is 13.8 Å². The largest absolute Gasteiger partial charge is 0.496 e. The average Bonchev–Trinajstić information content (AvgIpc) is 2.96. The molecule has 1 heterocycles. The lowest BCUT2D eigenvalue weighted by Crippen LogP contribution is -2.21. The molecule has 4 aromatic carbocycles. The number of halogens is 1. The molecule has 208 valence electrons. The number of fused-ring (bicyclic) bond motifs is 1. The zero-order valence-corrected chi connectivity index (χ0v) is 24.6. The first-order valence-corrected chi connectivity index (χ1v) is 13.9. The maximum atomic E-state index is 13.8. The minimum absolute atomic E-state index is 0.202. The first-order valence-electron chi connectivity index (χ1n) is 13.5. The molecule has 0 N–H and O–H groups in total. The second-order valence-electron chi connectivity index (χ2n) is 10.3. The summed E-state index contributed by atoms with van der Waals surface area (Å²) in [6, 6.07) is 24.8. The summed E-state index contributed by atoms with van der Waals surface area (Å²) in [5, 5.41) is 5.69. The summed E-state index contributed by atoms with van der Waals surface area (Å²) in [5.41, 5.74) is 5.95. The zero-order chi connectivity index (χ0) is 29.1. The van der Waals surface area contributed by atoms with Gasteiger partial charge in [-0.05, 0) is 78.9 Å². The van der Waals surface area contributed by atoms with Crippen LogP contribution in [0.1, 0.15) is 47.6 Å². The molecule has 0 aliphatic carbocycles. The van der Waals surface area contributed by atoms with Crippen LogP contribution < -0.4 is 15.0 Å². The summed E-state index contributed by atoms with van der Waals surface area (Å²) in [5.74, 6) is 2.04. The Morgan fingerprint density at radius 3 is 2.46 bits per heavy atom. The molecular weight excluding hydrogens is 534 g/mol. The van der Waals surface area contributed by atoms with Crippen LogP contribution in [0.3, 0.4) is 0 Å². The Kier molecular flexibility index (Phi) is 8.22. The molecule has 0 aliphatic rings. The monoisotopic (exact) mass is 565 g/mol. The Bertz CT molecular complexity index is 1810. The highest BCUT2D eigenvalue weighted by Gasteiger charge is 2.18. The van der Waals surface area contributed by atoms with Crippen LogP contribution in [-0.4, -0.2) is 23.0 Å². The fourth-order valence-electron chi connectivity index (χ4n) is 4.69. The summed E-state index contributed by atoms with van der Waals surface area (Å²) in [6.45, 7) is 8.62. The minimum Gasteiger partial charge on any atom is -0.496 e. The van der Waals surface area contributed by atoms with Gasteiger partial charge in [-0.25, -0.2) is 4.98 Å². The van der Waals surface area contributed by atoms with E-state index >= 15 is 0 Å². The van der Waals surface area contributed by atoms with Gasteiger partial charge < -0.3 is 9.47 Å². The van der Waals surface area contributed by atoms with Gasteiger partial charge in [-0.15, -0.1) is 0 Å². The van der Waals surface area contributed by atoms with Crippen LogP contribution >= 0.6 is 11.6 Å². The van der Waals surface area contributed by atoms with Crippen molar-refractivity contribution in [2.24, 2.45) is 5.10 Å². The molecule has 0 saturated heterocycles. The Labute approximate surface area is 244 Å². The Balaban J connectivity index is 1.63. The third-order valence-electron chi connectivity index (χ3n) is 6.99. The molecule has 0 atom stereocenters. The second kappa shape index (κ2) is 12.0. The van der Waals surface area contributed by atoms with Gasteiger partial charge in [0.15, 0.2) is 5.82 Å². The van der Waals surface area contributed by atoms with Crippen molar-refractivity contribution >= 4 is 28.7 Å². The number of benzene rings is 4. The lowest BCUT2D eigenvalue weighted by molar-refractivity contribution is 0.306. The summed E-state index contributed by atoms with van der Waals surface area (Å²) in [4.78, 5) is 18.7. The van der Waals surface area contributed by atoms with Crippen molar-refractivity contribution in [2.75, 3.05) is 7.11 Å². The van der Waals surface area contributed by atoms with Gasteiger partial charge >= 0.3 is 0 Å². The number of nitrogens with zero attached hydrogens (tertiary/aromatic N) is 3. The maximum absolute atomic E-state index is 13.8. The van der Waals surface area contributed by atoms with Crippen LogP contribution in [0.15, 0.2) is 88.8 Å². The standard InChI is InChI=1S/C34H32ClN3O3/c1-21(2)28-18-29(23(4)16-32(28)40-5)33-37-30-9-7-6-8-27(30)34(39)38(33)36-19-25-17-26(35)14-15-31(25)41-20-24-12-10-22(3)11-13-24/h6-19,21H,20H2,1-5H3. The highest BCUT2D eigenvalue weighted by Crippen LogP contribution is 2.34. The molecule has 0 radical (unpaired) electrons. The second-order valence-corrected chi connectivity index (χ2v) is 10.8. The topological polar surface area (TPSA) is 65.7 Å². The van der Waals surface area contributed by atoms with Crippen LogP contribution in [0.2, 0.25) is 5.02 Å². The first kappa shape index (κ1) is 28.1. The van der Waals surface area contributed by atoms with E-state index in [1.807, 2.05) is 62.4 Å². The molecule has 0 saturated carbocycles. The highest BCUT2D eigenvalue weighted by molar-refractivity contribution is 6.30. The van der Waals surface area contributed by atoms with Gasteiger partial charge in [0.05, 0.1) is 24.2 Å². The van der Waals surface area contributed by atoms with Crippen molar-refractivity contribution in [1.29, 1.82) is 0 Å². The molecule has 0 amide bonds. The normalized spacial score (nSPS) is 11.5. The van der Waals surface area contributed by atoms with Crippen molar-refractivity contribution < 1.29 is 9.47 Å². The van der Waals surface area contributed by atoms with E-state index in [9.17, 15) is 4.79 Å². The van der Waals surface area contributed by atoms with E-state index < -0.39 is 0 Å². The number of hydrogen-bond donors (Lipinski definition) is 0. The van der Waals surface area contributed by atoms with Crippen LogP contribution in [0.5, 0.6) is 11.5 Å². The van der Waals surface area contributed by atoms with E-state index in [0.29, 0.717) is 39.7 Å². The number of para-hydroxylation sites is 1. The van der Waals surface area contributed by atoms with E-state index in [4.69, 9.17) is 26.1 Å². The number of aromatic nitrogens is 2. The van der Waals surface area contributed by atoms with Crippen molar-refractivity contribution in [2.45, 2.75) is 40.2 Å². The first-order chi connectivity index (χ1) is 19.7. The Hall–Kier alpha value is -4.42. The molecule has 6 nitrogen and oxygen atoms in total. The quantitative estimate of drug-likeness (QED) is 0.179. The van der Waals surface area contributed by atoms with Crippen molar-refractivity contribution in [1.82, 2.24) is 9.66 Å². The van der Waals surface area contributed by atoms with Crippen molar-refractivity contribution in [3.05, 3.63) is 122 Å². The number of methoxy groups -OCH3 is 1. The molecular formula is C34H32ClN3O3. The molecule has 5 aromatic rings. The van der Waals surface area contributed by atoms with Crippen LogP contribution in [0.4, 0.5) is 0 Å². The molecule has 0 aliphatic heterocycles. The van der Waals surface area contributed by atoms with Gasteiger partial charge in [0.1, 0.15) is 18.1 Å². The molecule has 1 aromatic heterocycles. The lowest BCUT2D eigenvalue weighted by Gasteiger charge is -2.17. The van der Waals surface area contributed by atoms with Gasteiger partial charge in [-0.3, -0.25) is 4.79 Å². The number of aryl methyl sites for hydroxylation is 2. The van der Waals surface area contributed by atoms with Gasteiger partial charge in [-0.1, -0.05) is 67.4 Å². The highest BCUT2D eigenvalue weighted by atomic mass is 35.5. The van der Waals surface area contributed by atoms with Gasteiger partial charge in [0.2, 0.25) is 0 Å². The minimum atomic E-state index is -0.271. The molecule has 0 spiro atoms. The lowest BCUT2D eigenvalue weighted by atomic mass is 9.96. The number of hydrogen-bond acceptors (Lipinski definition) is 5. The molecule has 0 unspecified atom stereocenters. The van der Waals surface area contributed by atoms with E-state index in [-0.39, 0.29) is 11.5 Å². The maximum Gasteiger partial charge on any atom is 0.282 e. The van der Waals surface area contributed by atoms with Gasteiger partial charge in [-0.2, -0.15) is 9.78 Å². The third-order valence-corrected chi connectivity index (χ3v) is 7.23. The predicted octanol–water partition coefficient (Wildman–Crippen LogP) is 7.93. The van der Waals surface area contributed by atoms with Gasteiger partial charge in [0.25, 0.3) is 5.56 Å². The smallest absolute Gasteiger partial charge is 0.282 e. The molecule has 0 fully saturated rings. The zero-order valence-electron chi connectivity index (χ0n) is 23.8. The number of ether oxygens (including phenoxy) is 2. The summed E-state index contributed by atoms with van der Waals surface area (Å²) in [6.07, 6.45) is 1.60. The van der Waals surface area contributed by atoms with Crippen molar-refractivity contribution in [3.8, 4) is 22.9 Å². The average molecular weight is 566 g/mol. The summed E-state index contributed by atoms with van der Waals surface area (Å²) < 4.78 is 13.1. The molecule has 41 heavy (non-hydrogen) atoms. The van der Waals surface area contributed by atoms with Gasteiger partial charge in [0, 0.05) is 16.1 Å². The molecule has 7 heteroatoms. The SMILES string of the molecule is COc1cc(C)c(-c2nc3ccccc3c(=O)n2N=Cc2cc(Cl)ccc2OCc2ccc(C)cc2)cc1C(C)C.